The Morgan fingerprint density at radius 2 is 2.05 bits per heavy atom. The maximum Gasteiger partial charge on any atom is 0.336 e. The van der Waals surface area contributed by atoms with E-state index in [0.717, 1.165) is 6.42 Å². The van der Waals surface area contributed by atoms with E-state index in [1.165, 1.54) is 6.07 Å². The van der Waals surface area contributed by atoms with Gasteiger partial charge in [-0.15, -0.1) is 0 Å². The van der Waals surface area contributed by atoms with E-state index in [1.54, 1.807) is 19.1 Å². The number of carboxylic acid groups (broad SMARTS) is 1. The zero-order valence-corrected chi connectivity index (χ0v) is 11.5. The van der Waals surface area contributed by atoms with E-state index in [0.29, 0.717) is 23.7 Å². The molecule has 104 valence electrons. The summed E-state index contributed by atoms with van der Waals surface area (Å²) in [6, 6.07) is 4.50. The van der Waals surface area contributed by atoms with Crippen molar-refractivity contribution in [1.82, 2.24) is 5.32 Å². The van der Waals surface area contributed by atoms with Crippen LogP contribution in [0.1, 0.15) is 36.2 Å². The second kappa shape index (κ2) is 6.78. The molecule has 5 heteroatoms. The summed E-state index contributed by atoms with van der Waals surface area (Å²) in [4.78, 5) is 22.6. The molecule has 1 unspecified atom stereocenters. The fourth-order valence-electron chi connectivity index (χ4n) is 1.52. The average molecular weight is 264 g/mol. The minimum Gasteiger partial charge on any atom is -0.478 e. The predicted molar refractivity (Wildman–Crippen MR) is 74.6 cm³/mol. The van der Waals surface area contributed by atoms with Gasteiger partial charge in [-0.3, -0.25) is 0 Å². The highest BCUT2D eigenvalue weighted by Gasteiger charge is 2.09. The minimum atomic E-state index is -0.999. The van der Waals surface area contributed by atoms with Crippen LogP contribution in [0, 0.1) is 12.8 Å². The van der Waals surface area contributed by atoms with Crippen molar-refractivity contribution in [2.24, 2.45) is 5.92 Å². The second-order valence-electron chi connectivity index (χ2n) is 4.68. The number of aromatic carboxylic acids is 1. The van der Waals surface area contributed by atoms with Gasteiger partial charge in [0.25, 0.3) is 0 Å². The van der Waals surface area contributed by atoms with Gasteiger partial charge in [-0.2, -0.15) is 0 Å². The van der Waals surface area contributed by atoms with Crippen LogP contribution in [0.15, 0.2) is 18.2 Å². The van der Waals surface area contributed by atoms with E-state index >= 15 is 0 Å². The van der Waals surface area contributed by atoms with Crippen LogP contribution in [0.5, 0.6) is 0 Å². The Labute approximate surface area is 113 Å². The summed E-state index contributed by atoms with van der Waals surface area (Å²) in [6.07, 6.45) is 0.994. The Kier molecular flexibility index (Phi) is 5.36. The molecule has 0 aliphatic heterocycles. The number of amides is 2. The topological polar surface area (TPSA) is 78.4 Å². The minimum absolute atomic E-state index is 0.194. The fraction of sp³-hybridized carbons (Fsp3) is 0.429. The summed E-state index contributed by atoms with van der Waals surface area (Å²) in [7, 11) is 0. The van der Waals surface area contributed by atoms with Crippen molar-refractivity contribution in [1.29, 1.82) is 0 Å². The Balaban J connectivity index is 2.64. The van der Waals surface area contributed by atoms with E-state index in [4.69, 9.17) is 5.11 Å². The van der Waals surface area contributed by atoms with Crippen molar-refractivity contribution in [2.75, 3.05) is 11.9 Å². The van der Waals surface area contributed by atoms with Gasteiger partial charge >= 0.3 is 12.0 Å². The lowest BCUT2D eigenvalue weighted by atomic mass is 10.1. The lowest BCUT2D eigenvalue weighted by Gasteiger charge is -2.12. The quantitative estimate of drug-likeness (QED) is 0.765. The van der Waals surface area contributed by atoms with Gasteiger partial charge in [0.2, 0.25) is 0 Å². The lowest BCUT2D eigenvalue weighted by Crippen LogP contribution is -2.32. The summed E-state index contributed by atoms with van der Waals surface area (Å²) >= 11 is 0. The lowest BCUT2D eigenvalue weighted by molar-refractivity contribution is 0.0696. The van der Waals surface area contributed by atoms with Crippen LogP contribution < -0.4 is 10.6 Å². The van der Waals surface area contributed by atoms with E-state index < -0.39 is 5.97 Å². The van der Waals surface area contributed by atoms with Crippen LogP contribution in [0.4, 0.5) is 10.5 Å². The summed E-state index contributed by atoms with van der Waals surface area (Å²) in [5.41, 5.74) is 1.34. The van der Waals surface area contributed by atoms with Crippen LogP contribution in [-0.4, -0.2) is 23.7 Å². The zero-order chi connectivity index (χ0) is 14.4. The molecule has 1 aromatic rings. The molecule has 0 saturated heterocycles. The third-order valence-electron chi connectivity index (χ3n) is 3.03. The highest BCUT2D eigenvalue weighted by Crippen LogP contribution is 2.15. The van der Waals surface area contributed by atoms with Gasteiger partial charge in [0.1, 0.15) is 0 Å². The molecule has 5 nitrogen and oxygen atoms in total. The molecule has 0 aliphatic carbocycles. The number of anilines is 1. The third-order valence-corrected chi connectivity index (χ3v) is 3.03. The normalized spacial score (nSPS) is 11.7. The number of hydrogen-bond donors (Lipinski definition) is 3. The van der Waals surface area contributed by atoms with Gasteiger partial charge < -0.3 is 15.7 Å². The van der Waals surface area contributed by atoms with Crippen molar-refractivity contribution >= 4 is 17.7 Å². The standard InChI is InChI=1S/C14H20N2O3/c1-4-9(2)8-15-14(19)16-11-6-5-10(3)12(7-11)13(17)18/h5-7,9H,4,8H2,1-3H3,(H,17,18)(H2,15,16,19). The molecular weight excluding hydrogens is 244 g/mol. The molecular formula is C14H20N2O3. The van der Waals surface area contributed by atoms with Crippen LogP contribution in [0.3, 0.4) is 0 Å². The Morgan fingerprint density at radius 1 is 1.37 bits per heavy atom. The van der Waals surface area contributed by atoms with Crippen molar-refractivity contribution in [2.45, 2.75) is 27.2 Å². The first-order valence-corrected chi connectivity index (χ1v) is 6.32. The van der Waals surface area contributed by atoms with Crippen LogP contribution in [0.2, 0.25) is 0 Å². The molecule has 1 rings (SSSR count). The van der Waals surface area contributed by atoms with Gasteiger partial charge in [0.15, 0.2) is 0 Å². The number of carbonyl (C=O) groups excluding carboxylic acids is 1. The molecule has 0 spiro atoms. The summed E-state index contributed by atoms with van der Waals surface area (Å²) in [5.74, 6) is -0.584. The number of urea groups is 1. The zero-order valence-electron chi connectivity index (χ0n) is 11.5. The van der Waals surface area contributed by atoms with Gasteiger partial charge in [0, 0.05) is 12.2 Å². The second-order valence-corrected chi connectivity index (χ2v) is 4.68. The SMILES string of the molecule is CCC(C)CNC(=O)Nc1ccc(C)c(C(=O)O)c1. The number of hydrogen-bond acceptors (Lipinski definition) is 2. The Bertz CT molecular complexity index is 472. The number of rotatable bonds is 5. The molecule has 19 heavy (non-hydrogen) atoms. The average Bonchev–Trinajstić information content (AvgIpc) is 2.37. The number of carboxylic acids is 1. The molecule has 0 aliphatic rings. The summed E-state index contributed by atoms with van der Waals surface area (Å²) < 4.78 is 0. The number of nitrogens with one attached hydrogen (secondary N) is 2. The number of aryl methyl sites for hydroxylation is 1. The van der Waals surface area contributed by atoms with Crippen molar-refractivity contribution < 1.29 is 14.7 Å². The first-order valence-electron chi connectivity index (χ1n) is 6.32. The molecule has 0 fully saturated rings. The molecule has 1 atom stereocenters. The summed E-state index contributed by atoms with van der Waals surface area (Å²) in [5, 5.41) is 14.4. The van der Waals surface area contributed by atoms with Gasteiger partial charge in [-0.25, -0.2) is 9.59 Å². The predicted octanol–water partition coefficient (Wildman–Crippen LogP) is 2.86. The van der Waals surface area contributed by atoms with Crippen LogP contribution in [0.25, 0.3) is 0 Å². The van der Waals surface area contributed by atoms with E-state index in [2.05, 4.69) is 24.5 Å². The largest absolute Gasteiger partial charge is 0.478 e. The monoisotopic (exact) mass is 264 g/mol. The van der Waals surface area contributed by atoms with Gasteiger partial charge in [-0.05, 0) is 30.5 Å². The smallest absolute Gasteiger partial charge is 0.336 e. The molecule has 2 amide bonds. The maximum atomic E-state index is 11.6. The van der Waals surface area contributed by atoms with Gasteiger partial charge in [0.05, 0.1) is 5.56 Å². The number of benzene rings is 1. The number of carbonyl (C=O) groups is 2. The van der Waals surface area contributed by atoms with Crippen molar-refractivity contribution in [3.05, 3.63) is 29.3 Å². The fourth-order valence-corrected chi connectivity index (χ4v) is 1.52. The first kappa shape index (κ1) is 15.0. The molecule has 1 aromatic carbocycles. The van der Waals surface area contributed by atoms with Gasteiger partial charge in [-0.1, -0.05) is 26.3 Å². The van der Waals surface area contributed by atoms with E-state index in [1.807, 2.05) is 0 Å². The Hall–Kier alpha value is -2.04. The van der Waals surface area contributed by atoms with E-state index in [9.17, 15) is 9.59 Å². The molecule has 0 heterocycles. The van der Waals surface area contributed by atoms with Crippen molar-refractivity contribution in [3.63, 3.8) is 0 Å². The third kappa shape index (κ3) is 4.62. The van der Waals surface area contributed by atoms with Crippen LogP contribution in [-0.2, 0) is 0 Å². The summed E-state index contributed by atoms with van der Waals surface area (Å²) in [6.45, 7) is 6.42. The van der Waals surface area contributed by atoms with Crippen molar-refractivity contribution in [3.8, 4) is 0 Å². The first-order chi connectivity index (χ1) is 8.93. The highest BCUT2D eigenvalue weighted by atomic mass is 16.4. The molecule has 3 N–H and O–H groups in total. The highest BCUT2D eigenvalue weighted by molar-refractivity contribution is 5.94. The van der Waals surface area contributed by atoms with Crippen LogP contribution >= 0.6 is 0 Å². The Morgan fingerprint density at radius 3 is 2.63 bits per heavy atom. The molecule has 0 bridgehead atoms. The molecule has 0 radical (unpaired) electrons. The molecule has 0 saturated carbocycles. The maximum absolute atomic E-state index is 11.6. The van der Waals surface area contributed by atoms with E-state index in [-0.39, 0.29) is 11.6 Å². The molecule has 0 aromatic heterocycles.